The normalized spacial score (nSPS) is 32.2. The second kappa shape index (κ2) is 18.8. The molecule has 4 aliphatic rings. The summed E-state index contributed by atoms with van der Waals surface area (Å²) >= 11 is 0. The van der Waals surface area contributed by atoms with Crippen molar-refractivity contribution in [1.82, 2.24) is 0 Å². The van der Waals surface area contributed by atoms with Crippen molar-refractivity contribution >= 4 is 47.8 Å². The molecule has 12 atom stereocenters. The Hall–Kier alpha value is -6.28. The van der Waals surface area contributed by atoms with E-state index in [1.807, 2.05) is 0 Å². The molecule has 62 heavy (non-hydrogen) atoms. The number of aliphatic hydroxyl groups is 5. The molecule has 0 aromatic heterocycles. The minimum atomic E-state index is -2.33. The first-order valence-corrected chi connectivity index (χ1v) is 18.6. The Labute approximate surface area is 348 Å². The first-order valence-electron chi connectivity index (χ1n) is 18.6. The number of carboxylic acid groups (broad SMARTS) is 4. The second-order valence-corrected chi connectivity index (χ2v) is 14.4. The average Bonchev–Trinajstić information content (AvgIpc) is 3.58. The van der Waals surface area contributed by atoms with Crippen molar-refractivity contribution in [3.8, 4) is 17.2 Å². The highest BCUT2D eigenvalue weighted by molar-refractivity contribution is 5.87. The zero-order valence-corrected chi connectivity index (χ0v) is 31.8. The zero-order chi connectivity index (χ0) is 45.2. The molecule has 23 heteroatoms. The summed E-state index contributed by atoms with van der Waals surface area (Å²) in [6.45, 7) is -0.942. The van der Waals surface area contributed by atoms with Gasteiger partial charge in [0.15, 0.2) is 24.7 Å². The molecular weight excluding hydrogens is 832 g/mol. The zero-order valence-electron chi connectivity index (χ0n) is 31.8. The Morgan fingerprint density at radius 1 is 0.871 bits per heavy atom. The van der Waals surface area contributed by atoms with Gasteiger partial charge in [-0.05, 0) is 35.4 Å². The predicted octanol–water partition coefficient (Wildman–Crippen LogP) is -8.14. The van der Waals surface area contributed by atoms with E-state index in [0.717, 1.165) is 28.1 Å². The van der Waals surface area contributed by atoms with Gasteiger partial charge in [-0.2, -0.15) is 4.58 Å². The summed E-state index contributed by atoms with van der Waals surface area (Å²) in [6, 6.07) is 4.78. The summed E-state index contributed by atoms with van der Waals surface area (Å²) in [5, 5.41) is 122. The quantitative estimate of drug-likeness (QED) is 0.0526. The lowest BCUT2D eigenvalue weighted by Crippen LogP contribution is -2.93. The van der Waals surface area contributed by atoms with Crippen LogP contribution in [0.5, 0.6) is 17.2 Å². The number of phenols is 1. The number of ether oxygens (including phenoxy) is 5. The van der Waals surface area contributed by atoms with Crippen molar-refractivity contribution in [3.63, 3.8) is 0 Å². The van der Waals surface area contributed by atoms with Crippen LogP contribution in [0.1, 0.15) is 17.5 Å². The van der Waals surface area contributed by atoms with E-state index < -0.39 is 121 Å². The van der Waals surface area contributed by atoms with Gasteiger partial charge in [0.1, 0.15) is 60.1 Å². The number of aromatic hydroxyl groups is 1. The van der Waals surface area contributed by atoms with Gasteiger partial charge in [0, 0.05) is 42.7 Å². The number of aliphatic carboxylic acids is 4. The SMILES string of the molecule is O=C(/C=C\c1ccc(O)cc1)O[C@H]1C(O[C@H]2C(Oc3cc4c(cc3[O-])[N+](=C/C=C3/C=C(C(=O)O)[NH2+][C@H](C(=O)[O-])C3)[C@H](C(=O)[O-])C4)O[C@H](CO)[C@@H](O)[C@@H]2O)O[C@H](C(=O)[O-])[C@@H](O)[C@@H]1O. The number of carboxylic acids is 4. The standard InChI is InChI=1S/C39H40N2O21/c42-14-25-27(46)28(47)33(62-39-32(30(49)29(48)31(61-39)37(56)57)60-26(45)6-3-15-1-4-18(43)5-2-15)38(59-25)58-24-12-17-11-22(36(54)55)41(21(17)13-23(24)44)8-7-16-9-19(34(50)51)40-20(10-16)35(52)53/h1-9,12-13,20,22,25,27-33,38-39,42,46-49H,10-11,14H2,(H6,43,44,45,50,51,52,53,54,55,56,57)/p-2/t20-,22-,25+,27+,28-,29-,30-,31-,32+,33+,38?,39?/m0/s1. The van der Waals surface area contributed by atoms with E-state index in [9.17, 15) is 80.1 Å². The fourth-order valence-electron chi connectivity index (χ4n) is 7.12. The Bertz CT molecular complexity index is 2200. The molecule has 332 valence electrons. The smallest absolute Gasteiger partial charge is 0.390 e. The van der Waals surface area contributed by atoms with Gasteiger partial charge in [-0.1, -0.05) is 17.9 Å². The molecule has 23 nitrogen and oxygen atoms in total. The number of carbonyl (C=O) groups excluding carboxylic acids is 4. The number of fused-ring (bicyclic) bond motifs is 1. The molecule has 2 aromatic rings. The van der Waals surface area contributed by atoms with Crippen molar-refractivity contribution in [2.45, 2.75) is 86.3 Å². The number of aliphatic hydroxyl groups excluding tert-OH is 5. The molecule has 0 spiro atoms. The second-order valence-electron chi connectivity index (χ2n) is 14.4. The Balaban J connectivity index is 1.30. The third-order valence-electron chi connectivity index (χ3n) is 10.3. The molecule has 9 N–H and O–H groups in total. The summed E-state index contributed by atoms with van der Waals surface area (Å²) in [7, 11) is 0. The van der Waals surface area contributed by atoms with Crippen LogP contribution in [0.2, 0.25) is 0 Å². The Morgan fingerprint density at radius 3 is 2.19 bits per heavy atom. The molecule has 4 aliphatic heterocycles. The number of carbonyl (C=O) groups is 5. The maximum absolute atomic E-state index is 13.6. The van der Waals surface area contributed by atoms with Gasteiger partial charge < -0.3 is 99.6 Å². The van der Waals surface area contributed by atoms with Gasteiger partial charge in [-0.25, -0.2) is 9.59 Å². The molecule has 0 radical (unpaired) electrons. The first-order chi connectivity index (χ1) is 29.4. The number of esters is 1. The fourth-order valence-corrected chi connectivity index (χ4v) is 7.12. The third kappa shape index (κ3) is 9.75. The maximum Gasteiger partial charge on any atom is 0.390 e. The lowest BCUT2D eigenvalue weighted by molar-refractivity contribution is -0.636. The molecule has 2 saturated heterocycles. The number of phenolic OH excluding ortho intramolecular Hbond substituents is 1. The van der Waals surface area contributed by atoms with Crippen LogP contribution in [0.25, 0.3) is 6.08 Å². The van der Waals surface area contributed by atoms with Gasteiger partial charge in [0.05, 0.1) is 18.5 Å². The number of quaternary nitrogens is 1. The van der Waals surface area contributed by atoms with Crippen LogP contribution in [0.15, 0.2) is 65.9 Å². The molecule has 0 aliphatic carbocycles. The molecule has 2 aromatic carbocycles. The van der Waals surface area contributed by atoms with E-state index in [1.165, 1.54) is 48.7 Å². The number of hydrogen-bond donors (Lipinski definition) is 8. The highest BCUT2D eigenvalue weighted by Gasteiger charge is 2.53. The van der Waals surface area contributed by atoms with Gasteiger partial charge in [-0.3, -0.25) is 0 Å². The minimum Gasteiger partial charge on any atom is -0.870 e. The number of nitrogens with zero attached hydrogens (tertiary/aromatic N) is 1. The fraction of sp³-hybridized carbons (Fsp3) is 0.385. The lowest BCUT2D eigenvalue weighted by Gasteiger charge is -2.46. The number of allylic oxidation sites excluding steroid dienone is 2. The molecule has 6 rings (SSSR count). The molecule has 0 saturated carbocycles. The number of benzene rings is 2. The lowest BCUT2D eigenvalue weighted by atomic mass is 9.97. The minimum absolute atomic E-state index is 0.0105. The van der Waals surface area contributed by atoms with Crippen LogP contribution in [0.3, 0.4) is 0 Å². The van der Waals surface area contributed by atoms with Crippen LogP contribution >= 0.6 is 0 Å². The largest absolute Gasteiger partial charge is 0.870 e. The molecule has 2 fully saturated rings. The van der Waals surface area contributed by atoms with E-state index in [0.29, 0.717) is 5.56 Å². The molecular formula is C39H38N2O21-2. The van der Waals surface area contributed by atoms with Crippen molar-refractivity contribution in [3.05, 3.63) is 77.0 Å². The predicted molar refractivity (Wildman–Crippen MR) is 189 cm³/mol. The van der Waals surface area contributed by atoms with Crippen molar-refractivity contribution in [2.24, 2.45) is 0 Å². The van der Waals surface area contributed by atoms with Crippen LogP contribution in [0, 0.1) is 0 Å². The van der Waals surface area contributed by atoms with E-state index in [1.54, 1.807) is 0 Å². The van der Waals surface area contributed by atoms with E-state index in [-0.39, 0.29) is 41.1 Å². The van der Waals surface area contributed by atoms with Crippen molar-refractivity contribution in [2.75, 3.05) is 6.61 Å². The Morgan fingerprint density at radius 2 is 1.56 bits per heavy atom. The number of nitrogens with two attached hydrogens (primary N) is 1. The number of rotatable bonds is 13. The highest BCUT2D eigenvalue weighted by atomic mass is 16.8. The van der Waals surface area contributed by atoms with Gasteiger partial charge >= 0.3 is 11.9 Å². The molecule has 0 amide bonds. The number of hydrogen-bond acceptors (Lipinski definition) is 20. The van der Waals surface area contributed by atoms with E-state index >= 15 is 0 Å². The van der Waals surface area contributed by atoms with E-state index in [4.69, 9.17) is 23.7 Å². The summed E-state index contributed by atoms with van der Waals surface area (Å²) < 4.78 is 28.9. The van der Waals surface area contributed by atoms with Crippen LogP contribution in [-0.4, -0.2) is 156 Å². The first kappa shape index (κ1) is 45.3. The average molecular weight is 871 g/mol. The summed E-state index contributed by atoms with van der Waals surface area (Å²) in [5.41, 5.74) is 0.390. The van der Waals surface area contributed by atoms with Gasteiger partial charge in [-0.15, -0.1) is 0 Å². The summed E-state index contributed by atoms with van der Waals surface area (Å²) in [5.74, 6) is -9.42. The van der Waals surface area contributed by atoms with Crippen LogP contribution in [-0.2, 0) is 49.3 Å². The van der Waals surface area contributed by atoms with Gasteiger partial charge in [0.2, 0.25) is 23.7 Å². The summed E-state index contributed by atoms with van der Waals surface area (Å²) in [4.78, 5) is 60.2. The monoisotopic (exact) mass is 870 g/mol. The molecule has 0 bridgehead atoms. The highest BCUT2D eigenvalue weighted by Crippen LogP contribution is 2.40. The molecule has 4 heterocycles. The Kier molecular flexibility index (Phi) is 13.7. The third-order valence-corrected chi connectivity index (χ3v) is 10.3. The van der Waals surface area contributed by atoms with Crippen LogP contribution < -0.4 is 30.5 Å². The molecule has 2 unspecified atom stereocenters. The van der Waals surface area contributed by atoms with Crippen LogP contribution in [0.4, 0.5) is 5.69 Å². The topological polar surface area (TPSA) is 385 Å². The van der Waals surface area contributed by atoms with Crippen molar-refractivity contribution in [1.29, 1.82) is 0 Å². The van der Waals surface area contributed by atoms with E-state index in [2.05, 4.69) is 0 Å². The van der Waals surface area contributed by atoms with Crippen molar-refractivity contribution < 1.29 is 114 Å². The van der Waals surface area contributed by atoms with Gasteiger partial charge in [0.25, 0.3) is 0 Å². The summed E-state index contributed by atoms with van der Waals surface area (Å²) in [6.07, 6.45) is -15.7. The maximum atomic E-state index is 13.6.